The minimum atomic E-state index is -0.0869. The standard InChI is InChI=1S/C14H21N5S/c1-9-11(15-5)18-13(14(2,3)4)19-12(9)16-6-10-7-20-8-17-10/h7-8H,6H2,1-5H3,(H2,15,16,18,19). The van der Waals surface area contributed by atoms with E-state index in [-0.39, 0.29) is 5.41 Å². The normalized spacial score (nSPS) is 11.4. The summed E-state index contributed by atoms with van der Waals surface area (Å²) >= 11 is 1.60. The zero-order chi connectivity index (χ0) is 14.8. The van der Waals surface area contributed by atoms with Gasteiger partial charge in [0.1, 0.15) is 17.5 Å². The molecule has 0 aliphatic rings. The van der Waals surface area contributed by atoms with Crippen molar-refractivity contribution in [2.24, 2.45) is 0 Å². The highest BCUT2D eigenvalue weighted by atomic mass is 32.1. The average molecular weight is 291 g/mol. The summed E-state index contributed by atoms with van der Waals surface area (Å²) in [5.41, 5.74) is 3.80. The van der Waals surface area contributed by atoms with Crippen molar-refractivity contribution in [2.75, 3.05) is 17.7 Å². The zero-order valence-electron chi connectivity index (χ0n) is 12.6. The zero-order valence-corrected chi connectivity index (χ0v) is 13.4. The Morgan fingerprint density at radius 2 is 1.90 bits per heavy atom. The topological polar surface area (TPSA) is 62.7 Å². The number of hydrogen-bond acceptors (Lipinski definition) is 6. The molecule has 0 radical (unpaired) electrons. The number of rotatable bonds is 4. The Morgan fingerprint density at radius 3 is 2.45 bits per heavy atom. The Kier molecular flexibility index (Phi) is 4.23. The maximum atomic E-state index is 4.67. The van der Waals surface area contributed by atoms with Crippen molar-refractivity contribution < 1.29 is 0 Å². The lowest BCUT2D eigenvalue weighted by atomic mass is 9.95. The second kappa shape index (κ2) is 5.75. The molecule has 0 aliphatic carbocycles. The first-order valence-electron chi connectivity index (χ1n) is 6.59. The van der Waals surface area contributed by atoms with E-state index in [0.717, 1.165) is 28.7 Å². The predicted molar refractivity (Wildman–Crippen MR) is 84.5 cm³/mol. The van der Waals surface area contributed by atoms with Crippen LogP contribution < -0.4 is 10.6 Å². The van der Waals surface area contributed by atoms with Crippen LogP contribution in [0.5, 0.6) is 0 Å². The molecule has 2 rings (SSSR count). The molecule has 2 N–H and O–H groups in total. The number of aromatic nitrogens is 3. The van der Waals surface area contributed by atoms with Crippen LogP contribution in [0, 0.1) is 6.92 Å². The molecule has 0 atom stereocenters. The molecule has 0 saturated heterocycles. The molecule has 0 aliphatic heterocycles. The number of nitrogens with one attached hydrogen (secondary N) is 2. The van der Waals surface area contributed by atoms with E-state index < -0.39 is 0 Å². The maximum Gasteiger partial charge on any atom is 0.138 e. The van der Waals surface area contributed by atoms with Crippen LogP contribution in [-0.2, 0) is 12.0 Å². The Morgan fingerprint density at radius 1 is 1.20 bits per heavy atom. The third kappa shape index (κ3) is 3.25. The minimum absolute atomic E-state index is 0.0869. The summed E-state index contributed by atoms with van der Waals surface area (Å²) in [7, 11) is 1.88. The van der Waals surface area contributed by atoms with Gasteiger partial charge in [-0.05, 0) is 6.92 Å². The Hall–Kier alpha value is -1.69. The summed E-state index contributed by atoms with van der Waals surface area (Å²) in [5.74, 6) is 2.56. The lowest BCUT2D eigenvalue weighted by molar-refractivity contribution is 0.546. The maximum absolute atomic E-state index is 4.67. The molecule has 0 unspecified atom stereocenters. The summed E-state index contributed by atoms with van der Waals surface area (Å²) < 4.78 is 0. The van der Waals surface area contributed by atoms with E-state index in [4.69, 9.17) is 0 Å². The van der Waals surface area contributed by atoms with Gasteiger partial charge in [-0.3, -0.25) is 0 Å². The van der Waals surface area contributed by atoms with Crippen LogP contribution in [0.4, 0.5) is 11.6 Å². The summed E-state index contributed by atoms with van der Waals surface area (Å²) in [6.07, 6.45) is 0. The summed E-state index contributed by atoms with van der Waals surface area (Å²) in [5, 5.41) is 8.53. The third-order valence-electron chi connectivity index (χ3n) is 2.97. The molecule has 0 spiro atoms. The molecule has 2 heterocycles. The quantitative estimate of drug-likeness (QED) is 0.906. The van der Waals surface area contributed by atoms with Gasteiger partial charge in [0.15, 0.2) is 0 Å². The summed E-state index contributed by atoms with van der Waals surface area (Å²) in [4.78, 5) is 13.5. The fourth-order valence-corrected chi connectivity index (χ4v) is 2.33. The molecule has 0 amide bonds. The predicted octanol–water partition coefficient (Wildman–Crippen LogP) is 3.19. The third-order valence-corrected chi connectivity index (χ3v) is 3.61. The number of anilines is 2. The number of thiazole rings is 1. The van der Waals surface area contributed by atoms with Gasteiger partial charge in [0.25, 0.3) is 0 Å². The van der Waals surface area contributed by atoms with Crippen molar-refractivity contribution in [1.82, 2.24) is 15.0 Å². The van der Waals surface area contributed by atoms with Crippen LogP contribution in [0.3, 0.4) is 0 Å². The Bertz CT molecular complexity index is 572. The van der Waals surface area contributed by atoms with Crippen molar-refractivity contribution in [3.05, 3.63) is 28.0 Å². The van der Waals surface area contributed by atoms with Gasteiger partial charge in [0.2, 0.25) is 0 Å². The molecule has 5 nitrogen and oxygen atoms in total. The highest BCUT2D eigenvalue weighted by Gasteiger charge is 2.20. The van der Waals surface area contributed by atoms with Gasteiger partial charge in [0.05, 0.1) is 17.7 Å². The number of nitrogens with zero attached hydrogens (tertiary/aromatic N) is 3. The Labute approximate surface area is 123 Å². The van der Waals surface area contributed by atoms with E-state index in [2.05, 4.69) is 46.4 Å². The molecule has 0 saturated carbocycles. The van der Waals surface area contributed by atoms with Crippen molar-refractivity contribution in [3.63, 3.8) is 0 Å². The average Bonchev–Trinajstić information content (AvgIpc) is 2.89. The van der Waals surface area contributed by atoms with Crippen molar-refractivity contribution in [1.29, 1.82) is 0 Å². The van der Waals surface area contributed by atoms with Gasteiger partial charge in [-0.15, -0.1) is 11.3 Å². The van der Waals surface area contributed by atoms with Crippen molar-refractivity contribution in [3.8, 4) is 0 Å². The van der Waals surface area contributed by atoms with Crippen LogP contribution in [-0.4, -0.2) is 22.0 Å². The van der Waals surface area contributed by atoms with Crippen LogP contribution in [0.15, 0.2) is 10.9 Å². The molecule has 20 heavy (non-hydrogen) atoms. The minimum Gasteiger partial charge on any atom is -0.373 e. The van der Waals surface area contributed by atoms with Gasteiger partial charge in [-0.25, -0.2) is 15.0 Å². The van der Waals surface area contributed by atoms with E-state index in [0.29, 0.717) is 6.54 Å². The SMILES string of the molecule is CNc1nc(C(C)(C)C)nc(NCc2cscn2)c1C. The first kappa shape index (κ1) is 14.7. The van der Waals surface area contributed by atoms with Crippen molar-refractivity contribution >= 4 is 23.0 Å². The van der Waals surface area contributed by atoms with Gasteiger partial charge >= 0.3 is 0 Å². The van der Waals surface area contributed by atoms with E-state index in [1.165, 1.54) is 0 Å². The largest absolute Gasteiger partial charge is 0.373 e. The lowest BCUT2D eigenvalue weighted by Gasteiger charge is -2.20. The van der Waals surface area contributed by atoms with Gasteiger partial charge < -0.3 is 10.6 Å². The second-order valence-corrected chi connectivity index (χ2v) is 6.42. The lowest BCUT2D eigenvalue weighted by Crippen LogP contribution is -2.19. The molecule has 2 aromatic heterocycles. The van der Waals surface area contributed by atoms with Crippen LogP contribution in [0.2, 0.25) is 0 Å². The van der Waals surface area contributed by atoms with Crippen molar-refractivity contribution in [2.45, 2.75) is 39.7 Å². The Balaban J connectivity index is 2.30. The van der Waals surface area contributed by atoms with E-state index in [1.807, 2.05) is 24.9 Å². The first-order valence-corrected chi connectivity index (χ1v) is 7.54. The molecule has 0 aromatic carbocycles. The molecule has 0 fully saturated rings. The smallest absolute Gasteiger partial charge is 0.138 e. The first-order chi connectivity index (χ1) is 9.41. The molecule has 108 valence electrons. The molecular weight excluding hydrogens is 270 g/mol. The van der Waals surface area contributed by atoms with Gasteiger partial charge in [0, 0.05) is 23.4 Å². The highest BCUT2D eigenvalue weighted by Crippen LogP contribution is 2.26. The second-order valence-electron chi connectivity index (χ2n) is 5.70. The molecule has 2 aromatic rings. The molecular formula is C14H21N5S. The van der Waals surface area contributed by atoms with E-state index >= 15 is 0 Å². The number of hydrogen-bond donors (Lipinski definition) is 2. The van der Waals surface area contributed by atoms with Crippen LogP contribution in [0.1, 0.15) is 37.9 Å². The van der Waals surface area contributed by atoms with Crippen LogP contribution in [0.25, 0.3) is 0 Å². The molecule has 0 bridgehead atoms. The fraction of sp³-hybridized carbons (Fsp3) is 0.500. The molecule has 6 heteroatoms. The monoisotopic (exact) mass is 291 g/mol. The van der Waals surface area contributed by atoms with Crippen LogP contribution >= 0.6 is 11.3 Å². The van der Waals surface area contributed by atoms with E-state index in [9.17, 15) is 0 Å². The fourth-order valence-electron chi connectivity index (χ4n) is 1.77. The summed E-state index contributed by atoms with van der Waals surface area (Å²) in [6, 6.07) is 0. The highest BCUT2D eigenvalue weighted by molar-refractivity contribution is 7.07. The van der Waals surface area contributed by atoms with E-state index in [1.54, 1.807) is 11.3 Å². The summed E-state index contributed by atoms with van der Waals surface area (Å²) in [6.45, 7) is 9.03. The van der Waals surface area contributed by atoms with Gasteiger partial charge in [-0.1, -0.05) is 20.8 Å². The van der Waals surface area contributed by atoms with Gasteiger partial charge in [-0.2, -0.15) is 0 Å².